The zero-order valence-corrected chi connectivity index (χ0v) is 15.4. The molecule has 7 nitrogen and oxygen atoms in total. The van der Waals surface area contributed by atoms with Crippen molar-refractivity contribution in [2.24, 2.45) is 5.73 Å². The molecule has 3 aromatic rings. The van der Waals surface area contributed by atoms with Crippen LogP contribution >= 0.6 is 11.8 Å². The molecular formula is C18H22N6OS. The highest BCUT2D eigenvalue weighted by Crippen LogP contribution is 2.49. The van der Waals surface area contributed by atoms with Crippen molar-refractivity contribution in [3.05, 3.63) is 30.6 Å². The van der Waals surface area contributed by atoms with Crippen LogP contribution in [0.2, 0.25) is 0 Å². The highest BCUT2D eigenvalue weighted by Gasteiger charge is 2.25. The second-order valence-electron chi connectivity index (χ2n) is 6.23. The molecule has 0 radical (unpaired) electrons. The summed E-state index contributed by atoms with van der Waals surface area (Å²) in [5.41, 5.74) is 10.0. The Balaban J connectivity index is 1.76. The number of pyridine rings is 1. The monoisotopic (exact) mass is 370 g/mol. The number of nitrogens with zero attached hydrogens (tertiary/aromatic N) is 3. The second kappa shape index (κ2) is 7.24. The maximum Gasteiger partial charge on any atom is 0.103 e. The number of fused-ring (bicyclic) bond motifs is 2. The van der Waals surface area contributed by atoms with Gasteiger partial charge in [0, 0.05) is 58.5 Å². The van der Waals surface area contributed by atoms with E-state index in [9.17, 15) is 5.11 Å². The lowest BCUT2D eigenvalue weighted by atomic mass is 10.1. The summed E-state index contributed by atoms with van der Waals surface area (Å²) in [7, 11) is 0. The SMILES string of the molecule is CC(O)NCCNc1ccc2c3c(nn2CCN)-c2ccncc2Sc13. The number of nitrogens with one attached hydrogen (secondary N) is 2. The molecule has 0 fully saturated rings. The molecule has 1 atom stereocenters. The highest BCUT2D eigenvalue weighted by molar-refractivity contribution is 8.00. The van der Waals surface area contributed by atoms with Crippen molar-refractivity contribution in [1.29, 1.82) is 0 Å². The number of benzene rings is 1. The van der Waals surface area contributed by atoms with Gasteiger partial charge < -0.3 is 16.2 Å². The summed E-state index contributed by atoms with van der Waals surface area (Å²) in [4.78, 5) is 6.54. The lowest BCUT2D eigenvalue weighted by Gasteiger charge is -2.19. The molecule has 2 aromatic heterocycles. The Morgan fingerprint density at radius 2 is 2.19 bits per heavy atom. The van der Waals surface area contributed by atoms with Crippen molar-refractivity contribution in [1.82, 2.24) is 20.1 Å². The molecule has 1 aliphatic rings. The van der Waals surface area contributed by atoms with E-state index in [1.165, 1.54) is 4.90 Å². The van der Waals surface area contributed by atoms with Gasteiger partial charge in [-0.15, -0.1) is 0 Å². The molecule has 0 aliphatic carbocycles. The molecule has 0 saturated heterocycles. The Morgan fingerprint density at radius 1 is 1.31 bits per heavy atom. The maximum atomic E-state index is 9.33. The number of rotatable bonds is 7. The van der Waals surface area contributed by atoms with Gasteiger partial charge in [-0.25, -0.2) is 0 Å². The van der Waals surface area contributed by atoms with E-state index in [1.807, 2.05) is 23.1 Å². The molecule has 3 heterocycles. The summed E-state index contributed by atoms with van der Waals surface area (Å²) < 4.78 is 1.99. The Kier molecular flexibility index (Phi) is 4.82. The first-order valence-corrected chi connectivity index (χ1v) is 9.52. The largest absolute Gasteiger partial charge is 0.383 e. The minimum absolute atomic E-state index is 0.508. The number of aliphatic hydroxyl groups is 1. The van der Waals surface area contributed by atoms with Crippen molar-refractivity contribution in [3.63, 3.8) is 0 Å². The molecule has 5 N–H and O–H groups in total. The molecule has 1 aliphatic heterocycles. The average molecular weight is 370 g/mol. The van der Waals surface area contributed by atoms with E-state index < -0.39 is 6.23 Å². The van der Waals surface area contributed by atoms with Gasteiger partial charge in [0.15, 0.2) is 0 Å². The fourth-order valence-corrected chi connectivity index (χ4v) is 4.37. The molecular weight excluding hydrogens is 348 g/mol. The van der Waals surface area contributed by atoms with Crippen LogP contribution in [0.5, 0.6) is 0 Å². The van der Waals surface area contributed by atoms with Gasteiger partial charge in [0.25, 0.3) is 0 Å². The Morgan fingerprint density at radius 3 is 3.00 bits per heavy atom. The van der Waals surface area contributed by atoms with Crippen LogP contribution in [0.4, 0.5) is 5.69 Å². The highest BCUT2D eigenvalue weighted by atomic mass is 32.2. The van der Waals surface area contributed by atoms with Gasteiger partial charge in [-0.3, -0.25) is 15.0 Å². The molecule has 0 saturated carbocycles. The Hall–Kier alpha value is -2.13. The zero-order valence-electron chi connectivity index (χ0n) is 14.6. The normalized spacial score (nSPS) is 13.7. The first-order chi connectivity index (χ1) is 12.7. The van der Waals surface area contributed by atoms with Gasteiger partial charge >= 0.3 is 0 Å². The fraction of sp³-hybridized carbons (Fsp3) is 0.333. The summed E-state index contributed by atoms with van der Waals surface area (Å²) >= 11 is 1.72. The van der Waals surface area contributed by atoms with Crippen LogP contribution in [0, 0.1) is 0 Å². The first kappa shape index (κ1) is 17.3. The van der Waals surface area contributed by atoms with Gasteiger partial charge in [-0.2, -0.15) is 5.10 Å². The van der Waals surface area contributed by atoms with Crippen molar-refractivity contribution in [2.75, 3.05) is 25.0 Å². The van der Waals surface area contributed by atoms with Gasteiger partial charge in [-0.1, -0.05) is 11.8 Å². The number of nitrogens with two attached hydrogens (primary N) is 1. The predicted octanol–water partition coefficient (Wildman–Crippen LogP) is 1.86. The van der Waals surface area contributed by atoms with Gasteiger partial charge in [0.05, 0.1) is 12.1 Å². The molecule has 0 spiro atoms. The van der Waals surface area contributed by atoms with E-state index in [2.05, 4.69) is 27.8 Å². The van der Waals surface area contributed by atoms with Crippen LogP contribution in [-0.4, -0.2) is 45.7 Å². The topological polar surface area (TPSA) is 101 Å². The molecule has 1 unspecified atom stereocenters. The third kappa shape index (κ3) is 3.05. The number of hydrogen-bond acceptors (Lipinski definition) is 7. The summed E-state index contributed by atoms with van der Waals surface area (Å²) in [6, 6.07) is 6.21. The zero-order chi connectivity index (χ0) is 18.1. The van der Waals surface area contributed by atoms with Crippen LogP contribution in [0.1, 0.15) is 6.92 Å². The molecule has 4 rings (SSSR count). The number of aromatic nitrogens is 3. The molecule has 136 valence electrons. The van der Waals surface area contributed by atoms with Crippen LogP contribution in [0.3, 0.4) is 0 Å². The van der Waals surface area contributed by atoms with Gasteiger partial charge in [0.2, 0.25) is 0 Å². The maximum absolute atomic E-state index is 9.33. The van der Waals surface area contributed by atoms with Crippen LogP contribution in [0.25, 0.3) is 22.2 Å². The lowest BCUT2D eigenvalue weighted by molar-refractivity contribution is 0.159. The van der Waals surface area contributed by atoms with E-state index in [-0.39, 0.29) is 0 Å². The van der Waals surface area contributed by atoms with Crippen molar-refractivity contribution in [3.8, 4) is 11.3 Å². The quantitative estimate of drug-likeness (QED) is 0.291. The third-order valence-corrected chi connectivity index (χ3v) is 5.52. The van der Waals surface area contributed by atoms with Gasteiger partial charge in [0.1, 0.15) is 11.9 Å². The summed E-state index contributed by atoms with van der Waals surface area (Å²) in [6.45, 7) is 4.35. The Labute approximate surface area is 156 Å². The van der Waals surface area contributed by atoms with E-state index in [4.69, 9.17) is 10.8 Å². The van der Waals surface area contributed by atoms with Gasteiger partial charge in [-0.05, 0) is 25.1 Å². The number of anilines is 1. The summed E-state index contributed by atoms with van der Waals surface area (Å²) in [5.74, 6) is 0. The molecule has 0 bridgehead atoms. The van der Waals surface area contributed by atoms with Crippen LogP contribution < -0.4 is 16.4 Å². The second-order valence-corrected chi connectivity index (χ2v) is 7.28. The van der Waals surface area contributed by atoms with E-state index in [1.54, 1.807) is 18.7 Å². The van der Waals surface area contributed by atoms with Crippen molar-refractivity contribution in [2.45, 2.75) is 29.5 Å². The van der Waals surface area contributed by atoms with E-state index >= 15 is 0 Å². The van der Waals surface area contributed by atoms with Crippen molar-refractivity contribution < 1.29 is 5.11 Å². The van der Waals surface area contributed by atoms with E-state index in [0.717, 1.165) is 39.3 Å². The van der Waals surface area contributed by atoms with Crippen LogP contribution in [0.15, 0.2) is 40.4 Å². The van der Waals surface area contributed by atoms with Crippen LogP contribution in [-0.2, 0) is 6.54 Å². The number of aliphatic hydroxyl groups excluding tert-OH is 1. The predicted molar refractivity (Wildman–Crippen MR) is 104 cm³/mol. The Bertz CT molecular complexity index is 939. The molecule has 26 heavy (non-hydrogen) atoms. The molecule has 1 aromatic carbocycles. The lowest BCUT2D eigenvalue weighted by Crippen LogP contribution is -2.30. The average Bonchev–Trinajstić information content (AvgIpc) is 3.00. The summed E-state index contributed by atoms with van der Waals surface area (Å²) in [6.07, 6.45) is 3.19. The third-order valence-electron chi connectivity index (χ3n) is 4.34. The van der Waals surface area contributed by atoms with E-state index in [0.29, 0.717) is 19.6 Å². The molecule has 8 heteroatoms. The minimum Gasteiger partial charge on any atom is -0.383 e. The first-order valence-electron chi connectivity index (χ1n) is 8.70. The van der Waals surface area contributed by atoms with Crippen molar-refractivity contribution >= 4 is 28.4 Å². The fourth-order valence-electron chi connectivity index (χ4n) is 3.21. The minimum atomic E-state index is -0.508. The standard InChI is InChI=1S/C18H22N6OS/c1-11(25)21-7-8-22-13-2-3-14-16-17(23-24(14)9-5-19)12-4-6-20-10-15(12)26-18(13)16/h2-4,6,10-11,21-22,25H,5,7-9,19H2,1H3. The summed E-state index contributed by atoms with van der Waals surface area (Å²) in [5, 5.41) is 21.8. The smallest absolute Gasteiger partial charge is 0.103 e. The number of hydrogen-bond donors (Lipinski definition) is 4. The molecule has 0 amide bonds.